The number of methoxy groups -OCH3 is 2. The van der Waals surface area contributed by atoms with Gasteiger partial charge in [0.25, 0.3) is 0 Å². The van der Waals surface area contributed by atoms with Crippen LogP contribution in [0.3, 0.4) is 0 Å². The van der Waals surface area contributed by atoms with Crippen molar-refractivity contribution in [2.75, 3.05) is 26.6 Å². The Balaban J connectivity index is 2.21. The Hall–Kier alpha value is -3.20. The third kappa shape index (κ3) is 4.50. The molecule has 0 bridgehead atoms. The van der Waals surface area contributed by atoms with Crippen LogP contribution < -0.4 is 14.8 Å². The van der Waals surface area contributed by atoms with Gasteiger partial charge in [-0.25, -0.2) is 4.79 Å². The number of benzene rings is 2. The zero-order valence-corrected chi connectivity index (χ0v) is 16.4. The van der Waals surface area contributed by atoms with Crippen LogP contribution in [0.4, 0.5) is 10.5 Å². The number of ether oxygens (including phenoxy) is 2. The van der Waals surface area contributed by atoms with Crippen LogP contribution in [0, 0.1) is 11.3 Å². The molecule has 6 heteroatoms. The van der Waals surface area contributed by atoms with Gasteiger partial charge in [-0.3, -0.25) is 0 Å². The van der Waals surface area contributed by atoms with Crippen molar-refractivity contribution in [2.45, 2.75) is 26.3 Å². The fourth-order valence-electron chi connectivity index (χ4n) is 2.83. The number of nitrogens with one attached hydrogen (secondary N) is 1. The summed E-state index contributed by atoms with van der Waals surface area (Å²) in [6, 6.07) is 12.5. The van der Waals surface area contributed by atoms with E-state index in [0.717, 1.165) is 17.5 Å². The van der Waals surface area contributed by atoms with Gasteiger partial charge < -0.3 is 19.7 Å². The smallest absolute Gasteiger partial charge is 0.322 e. The van der Waals surface area contributed by atoms with Gasteiger partial charge >= 0.3 is 6.03 Å². The number of anilines is 1. The minimum atomic E-state index is -0.236. The van der Waals surface area contributed by atoms with Crippen molar-refractivity contribution in [2.24, 2.45) is 0 Å². The van der Waals surface area contributed by atoms with Crippen LogP contribution in [0.25, 0.3) is 0 Å². The maximum atomic E-state index is 12.8. The van der Waals surface area contributed by atoms with Crippen LogP contribution in [0.1, 0.15) is 36.6 Å². The molecule has 27 heavy (non-hydrogen) atoms. The van der Waals surface area contributed by atoms with Crippen molar-refractivity contribution in [3.05, 3.63) is 53.1 Å². The van der Waals surface area contributed by atoms with Crippen molar-refractivity contribution < 1.29 is 14.3 Å². The van der Waals surface area contributed by atoms with Gasteiger partial charge in [0.1, 0.15) is 11.5 Å². The van der Waals surface area contributed by atoms with Gasteiger partial charge in [0.05, 0.1) is 31.9 Å². The third-order valence-corrected chi connectivity index (χ3v) is 4.65. The molecule has 2 rings (SSSR count). The molecule has 1 atom stereocenters. The zero-order valence-electron chi connectivity index (χ0n) is 16.4. The Morgan fingerprint density at radius 3 is 2.56 bits per heavy atom. The SMILES string of the molecule is CCc1cc(C#N)ccc1NC(=O)N(C)[C@@H](C)c1ccc(OC)cc1OC. The number of nitriles is 1. The highest BCUT2D eigenvalue weighted by atomic mass is 16.5. The van der Waals surface area contributed by atoms with Crippen LogP contribution in [0.5, 0.6) is 11.5 Å². The van der Waals surface area contributed by atoms with Gasteiger partial charge in [0.2, 0.25) is 0 Å². The van der Waals surface area contributed by atoms with E-state index in [1.165, 1.54) is 0 Å². The van der Waals surface area contributed by atoms with Crippen molar-refractivity contribution in [3.63, 3.8) is 0 Å². The van der Waals surface area contributed by atoms with E-state index in [0.29, 0.717) is 22.7 Å². The molecule has 6 nitrogen and oxygen atoms in total. The average Bonchev–Trinajstić information content (AvgIpc) is 2.72. The number of hydrogen-bond acceptors (Lipinski definition) is 4. The van der Waals surface area contributed by atoms with Gasteiger partial charge in [-0.05, 0) is 49.2 Å². The number of nitrogens with zero attached hydrogens (tertiary/aromatic N) is 2. The van der Waals surface area contributed by atoms with Crippen LogP contribution >= 0.6 is 0 Å². The molecule has 0 aliphatic rings. The van der Waals surface area contributed by atoms with E-state index in [1.54, 1.807) is 50.4 Å². The number of carbonyl (C=O) groups excluding carboxylic acids is 1. The summed E-state index contributed by atoms with van der Waals surface area (Å²) in [5.41, 5.74) is 3.09. The summed E-state index contributed by atoms with van der Waals surface area (Å²) in [5.74, 6) is 1.36. The van der Waals surface area contributed by atoms with Crippen molar-refractivity contribution in [3.8, 4) is 17.6 Å². The molecule has 0 aliphatic carbocycles. The quantitative estimate of drug-likeness (QED) is 0.823. The van der Waals surface area contributed by atoms with Crippen molar-refractivity contribution >= 4 is 11.7 Å². The summed E-state index contributed by atoms with van der Waals surface area (Å²) < 4.78 is 10.7. The fraction of sp³-hybridized carbons (Fsp3) is 0.333. The summed E-state index contributed by atoms with van der Waals surface area (Å²) in [6.45, 7) is 3.92. The predicted octanol–water partition coefficient (Wildman–Crippen LogP) is 4.36. The first-order valence-corrected chi connectivity index (χ1v) is 8.73. The molecule has 2 amide bonds. The van der Waals surface area contributed by atoms with E-state index in [1.807, 2.05) is 26.0 Å². The summed E-state index contributed by atoms with van der Waals surface area (Å²) in [4.78, 5) is 14.4. The highest BCUT2D eigenvalue weighted by Crippen LogP contribution is 2.32. The normalized spacial score (nSPS) is 11.3. The summed E-state index contributed by atoms with van der Waals surface area (Å²) >= 11 is 0. The van der Waals surface area contributed by atoms with Crippen molar-refractivity contribution in [1.29, 1.82) is 5.26 Å². The summed E-state index contributed by atoms with van der Waals surface area (Å²) in [6.07, 6.45) is 0.719. The van der Waals surface area contributed by atoms with Crippen LogP contribution in [-0.2, 0) is 6.42 Å². The Kier molecular flexibility index (Phi) is 6.67. The molecule has 1 N–H and O–H groups in total. The average molecular weight is 367 g/mol. The number of carbonyl (C=O) groups is 1. The maximum absolute atomic E-state index is 12.8. The molecule has 0 aromatic heterocycles. The largest absolute Gasteiger partial charge is 0.497 e. The number of urea groups is 1. The van der Waals surface area contributed by atoms with Gasteiger partial charge in [-0.2, -0.15) is 5.26 Å². The lowest BCUT2D eigenvalue weighted by Gasteiger charge is -2.27. The first-order chi connectivity index (χ1) is 12.9. The molecular weight excluding hydrogens is 342 g/mol. The molecule has 0 fully saturated rings. The second-order valence-corrected chi connectivity index (χ2v) is 6.16. The minimum Gasteiger partial charge on any atom is -0.497 e. The minimum absolute atomic E-state index is 0.214. The number of aryl methyl sites for hydroxylation is 1. The monoisotopic (exact) mass is 367 g/mol. The molecule has 0 saturated carbocycles. The highest BCUT2D eigenvalue weighted by molar-refractivity contribution is 5.90. The molecule has 2 aromatic carbocycles. The molecule has 142 valence electrons. The number of rotatable bonds is 6. The van der Waals surface area contributed by atoms with Crippen LogP contribution in [0.2, 0.25) is 0 Å². The molecule has 0 heterocycles. The fourth-order valence-corrected chi connectivity index (χ4v) is 2.83. The second-order valence-electron chi connectivity index (χ2n) is 6.16. The van der Waals surface area contributed by atoms with E-state index in [2.05, 4.69) is 11.4 Å². The third-order valence-electron chi connectivity index (χ3n) is 4.65. The molecule has 0 spiro atoms. The Morgan fingerprint density at radius 1 is 1.22 bits per heavy atom. The Bertz CT molecular complexity index is 858. The summed E-state index contributed by atoms with van der Waals surface area (Å²) in [5, 5.41) is 12.0. The van der Waals surface area contributed by atoms with E-state index in [9.17, 15) is 4.79 Å². The van der Waals surface area contributed by atoms with Crippen LogP contribution in [0.15, 0.2) is 36.4 Å². The first kappa shape index (κ1) is 20.1. The molecule has 0 unspecified atom stereocenters. The second kappa shape index (κ2) is 8.95. The lowest BCUT2D eigenvalue weighted by molar-refractivity contribution is 0.207. The molecule has 2 aromatic rings. The molecule has 0 saturated heterocycles. The number of hydrogen-bond donors (Lipinski definition) is 1. The Labute approximate surface area is 160 Å². The lowest BCUT2D eigenvalue weighted by Crippen LogP contribution is -2.34. The zero-order chi connectivity index (χ0) is 20.0. The van der Waals surface area contributed by atoms with Gasteiger partial charge in [-0.15, -0.1) is 0 Å². The molecular formula is C21H25N3O3. The lowest BCUT2D eigenvalue weighted by atomic mass is 10.1. The first-order valence-electron chi connectivity index (χ1n) is 8.73. The summed E-state index contributed by atoms with van der Waals surface area (Å²) in [7, 11) is 4.93. The Morgan fingerprint density at radius 2 is 1.96 bits per heavy atom. The standard InChI is InChI=1S/C21H25N3O3/c1-6-16-11-15(13-22)7-10-19(16)23-21(25)24(3)14(2)18-9-8-17(26-4)12-20(18)27-5/h7-12,14H,6H2,1-5H3,(H,23,25)/t14-/m0/s1. The van der Waals surface area contributed by atoms with Gasteiger partial charge in [0, 0.05) is 24.4 Å². The van der Waals surface area contributed by atoms with E-state index >= 15 is 0 Å². The molecule has 0 aliphatic heterocycles. The maximum Gasteiger partial charge on any atom is 0.322 e. The van der Waals surface area contributed by atoms with E-state index < -0.39 is 0 Å². The predicted molar refractivity (Wildman–Crippen MR) is 105 cm³/mol. The van der Waals surface area contributed by atoms with Gasteiger partial charge in [-0.1, -0.05) is 6.92 Å². The van der Waals surface area contributed by atoms with Crippen molar-refractivity contribution in [1.82, 2.24) is 4.90 Å². The number of amides is 2. The van der Waals surface area contributed by atoms with E-state index in [-0.39, 0.29) is 12.1 Å². The molecule has 0 radical (unpaired) electrons. The topological polar surface area (TPSA) is 74.6 Å². The highest BCUT2D eigenvalue weighted by Gasteiger charge is 2.21. The van der Waals surface area contributed by atoms with Gasteiger partial charge in [0.15, 0.2) is 0 Å². The van der Waals surface area contributed by atoms with Crippen LogP contribution in [-0.4, -0.2) is 32.2 Å². The van der Waals surface area contributed by atoms with E-state index in [4.69, 9.17) is 14.7 Å².